The predicted octanol–water partition coefficient (Wildman–Crippen LogP) is 3.35. The van der Waals surface area contributed by atoms with Crippen molar-refractivity contribution in [3.63, 3.8) is 0 Å². The Morgan fingerprint density at radius 3 is 2.29 bits per heavy atom. The van der Waals surface area contributed by atoms with Gasteiger partial charge < -0.3 is 4.74 Å². The maximum absolute atomic E-state index is 12.1. The van der Waals surface area contributed by atoms with Gasteiger partial charge >= 0.3 is 5.97 Å². The number of Topliss-reactive ketones (excluding diaryl/α,β-unsaturated/α-hetero) is 1. The number of benzene rings is 2. The Bertz CT molecular complexity index is 632. The highest BCUT2D eigenvalue weighted by Gasteiger charge is 2.19. The molecule has 0 bridgehead atoms. The van der Waals surface area contributed by atoms with Crippen molar-refractivity contribution in [3.05, 3.63) is 71.3 Å². The van der Waals surface area contributed by atoms with Gasteiger partial charge in [0.1, 0.15) is 0 Å². The van der Waals surface area contributed by atoms with E-state index in [1.165, 1.54) is 0 Å². The van der Waals surface area contributed by atoms with Crippen molar-refractivity contribution in [2.75, 3.05) is 0 Å². The first-order valence-corrected chi connectivity index (χ1v) is 6.91. The number of ketones is 1. The maximum atomic E-state index is 12.1. The van der Waals surface area contributed by atoms with Gasteiger partial charge in [0, 0.05) is 5.56 Å². The van der Waals surface area contributed by atoms with E-state index < -0.39 is 6.10 Å². The molecule has 0 saturated carbocycles. The van der Waals surface area contributed by atoms with E-state index in [0.29, 0.717) is 5.56 Å². The molecule has 0 aliphatic heterocycles. The Balaban J connectivity index is 1.97. The number of esters is 1. The molecule has 0 amide bonds. The van der Waals surface area contributed by atoms with Crippen LogP contribution in [0.1, 0.15) is 28.4 Å². The molecule has 0 saturated heterocycles. The Morgan fingerprint density at radius 2 is 1.62 bits per heavy atom. The van der Waals surface area contributed by atoms with Gasteiger partial charge in [-0.25, -0.2) is 0 Å². The van der Waals surface area contributed by atoms with Gasteiger partial charge in [0.15, 0.2) is 6.10 Å². The molecule has 0 radical (unpaired) electrons. The molecule has 1 atom stereocenters. The van der Waals surface area contributed by atoms with Crippen LogP contribution >= 0.6 is 0 Å². The number of rotatable bonds is 5. The molecule has 3 nitrogen and oxygen atoms in total. The summed E-state index contributed by atoms with van der Waals surface area (Å²) in [5, 5.41) is 0. The van der Waals surface area contributed by atoms with Gasteiger partial charge in [-0.2, -0.15) is 0 Å². The molecule has 0 N–H and O–H groups in total. The molecule has 0 fully saturated rings. The molecule has 21 heavy (non-hydrogen) atoms. The number of aryl methyl sites for hydroxylation is 1. The molecule has 0 heterocycles. The number of carbonyl (C=O) groups is 2. The minimum absolute atomic E-state index is 0.180. The predicted molar refractivity (Wildman–Crippen MR) is 81.2 cm³/mol. The lowest BCUT2D eigenvalue weighted by Gasteiger charge is -2.13. The second-order valence-corrected chi connectivity index (χ2v) is 4.97. The highest BCUT2D eigenvalue weighted by atomic mass is 16.5. The molecule has 0 aliphatic carbocycles. The van der Waals surface area contributed by atoms with Gasteiger partial charge in [0.25, 0.3) is 0 Å². The van der Waals surface area contributed by atoms with E-state index in [0.717, 1.165) is 11.1 Å². The summed E-state index contributed by atoms with van der Waals surface area (Å²) in [6.45, 7) is 3.55. The van der Waals surface area contributed by atoms with Gasteiger partial charge in [-0.3, -0.25) is 9.59 Å². The molecule has 3 heteroatoms. The van der Waals surface area contributed by atoms with Crippen LogP contribution in [0.15, 0.2) is 54.6 Å². The topological polar surface area (TPSA) is 43.4 Å². The van der Waals surface area contributed by atoms with Gasteiger partial charge in [0.2, 0.25) is 5.78 Å². The van der Waals surface area contributed by atoms with Crippen LogP contribution in [0.4, 0.5) is 0 Å². The SMILES string of the molecule is Cc1ccccc1CC(=O)OC(C)C(=O)c1ccccc1. The summed E-state index contributed by atoms with van der Waals surface area (Å²) in [7, 11) is 0. The summed E-state index contributed by atoms with van der Waals surface area (Å²) in [5.74, 6) is -0.574. The van der Waals surface area contributed by atoms with Crippen LogP contribution in [0.3, 0.4) is 0 Å². The minimum atomic E-state index is -0.774. The monoisotopic (exact) mass is 282 g/mol. The van der Waals surface area contributed by atoms with Gasteiger partial charge in [-0.1, -0.05) is 54.6 Å². The zero-order valence-corrected chi connectivity index (χ0v) is 12.2. The minimum Gasteiger partial charge on any atom is -0.454 e. The zero-order chi connectivity index (χ0) is 15.2. The molecule has 0 spiro atoms. The highest BCUT2D eigenvalue weighted by molar-refractivity contribution is 6.00. The quantitative estimate of drug-likeness (QED) is 0.624. The van der Waals surface area contributed by atoms with Crippen LogP contribution < -0.4 is 0 Å². The fourth-order valence-electron chi connectivity index (χ4n) is 2.09. The van der Waals surface area contributed by atoms with E-state index in [9.17, 15) is 9.59 Å². The summed E-state index contributed by atoms with van der Waals surface area (Å²) in [6.07, 6.45) is -0.595. The molecule has 2 rings (SSSR count). The third kappa shape index (κ3) is 4.02. The first kappa shape index (κ1) is 15.0. The second-order valence-electron chi connectivity index (χ2n) is 4.97. The van der Waals surface area contributed by atoms with E-state index in [1.54, 1.807) is 31.2 Å². The summed E-state index contributed by atoms with van der Waals surface area (Å²) < 4.78 is 5.24. The fraction of sp³-hybridized carbons (Fsp3) is 0.222. The Morgan fingerprint density at radius 1 is 1.00 bits per heavy atom. The van der Waals surface area contributed by atoms with Crippen molar-refractivity contribution in [3.8, 4) is 0 Å². The lowest BCUT2D eigenvalue weighted by atomic mass is 10.1. The molecule has 2 aromatic rings. The molecular weight excluding hydrogens is 264 g/mol. The molecule has 108 valence electrons. The second kappa shape index (κ2) is 6.84. The van der Waals surface area contributed by atoms with Gasteiger partial charge in [-0.05, 0) is 25.0 Å². The number of ether oxygens (including phenoxy) is 1. The number of hydrogen-bond acceptors (Lipinski definition) is 3. The van der Waals surface area contributed by atoms with Crippen LogP contribution in [0.5, 0.6) is 0 Å². The smallest absolute Gasteiger partial charge is 0.310 e. The highest BCUT2D eigenvalue weighted by Crippen LogP contribution is 2.11. The van der Waals surface area contributed by atoms with Crippen molar-refractivity contribution in [2.24, 2.45) is 0 Å². The van der Waals surface area contributed by atoms with Crippen LogP contribution in [0.25, 0.3) is 0 Å². The molecular formula is C18H18O3. The summed E-state index contributed by atoms with van der Waals surface area (Å²) in [4.78, 5) is 24.1. The van der Waals surface area contributed by atoms with Crippen molar-refractivity contribution in [2.45, 2.75) is 26.4 Å². The Hall–Kier alpha value is -2.42. The molecule has 2 aromatic carbocycles. The summed E-state index contributed by atoms with van der Waals surface area (Å²) in [5.41, 5.74) is 2.51. The summed E-state index contributed by atoms with van der Waals surface area (Å²) in [6, 6.07) is 16.5. The van der Waals surface area contributed by atoms with Gasteiger partial charge in [-0.15, -0.1) is 0 Å². The van der Waals surface area contributed by atoms with Crippen LogP contribution in [-0.2, 0) is 16.0 Å². The first-order chi connectivity index (χ1) is 10.1. The van der Waals surface area contributed by atoms with E-state index in [1.807, 2.05) is 37.3 Å². The summed E-state index contributed by atoms with van der Waals surface area (Å²) >= 11 is 0. The first-order valence-electron chi connectivity index (χ1n) is 6.91. The van der Waals surface area contributed by atoms with Crippen molar-refractivity contribution in [1.82, 2.24) is 0 Å². The van der Waals surface area contributed by atoms with Crippen molar-refractivity contribution in [1.29, 1.82) is 0 Å². The Labute approximate surface area is 124 Å². The van der Waals surface area contributed by atoms with Crippen LogP contribution in [0, 0.1) is 6.92 Å². The van der Waals surface area contributed by atoms with E-state index >= 15 is 0 Å². The number of hydrogen-bond donors (Lipinski definition) is 0. The fourth-order valence-corrected chi connectivity index (χ4v) is 2.09. The van der Waals surface area contributed by atoms with Crippen molar-refractivity contribution >= 4 is 11.8 Å². The van der Waals surface area contributed by atoms with E-state index in [2.05, 4.69) is 0 Å². The third-order valence-corrected chi connectivity index (χ3v) is 3.33. The largest absolute Gasteiger partial charge is 0.454 e. The van der Waals surface area contributed by atoms with Crippen molar-refractivity contribution < 1.29 is 14.3 Å². The average molecular weight is 282 g/mol. The molecule has 0 aromatic heterocycles. The van der Waals surface area contributed by atoms with Crippen LogP contribution in [-0.4, -0.2) is 17.9 Å². The zero-order valence-electron chi connectivity index (χ0n) is 12.2. The van der Waals surface area contributed by atoms with E-state index in [-0.39, 0.29) is 18.2 Å². The lowest BCUT2D eigenvalue weighted by molar-refractivity contribution is -0.145. The van der Waals surface area contributed by atoms with Crippen LogP contribution in [0.2, 0.25) is 0 Å². The Kier molecular flexibility index (Phi) is 4.88. The van der Waals surface area contributed by atoms with E-state index in [4.69, 9.17) is 4.74 Å². The standard InChI is InChI=1S/C18H18O3/c1-13-8-6-7-11-16(13)12-17(19)21-14(2)18(20)15-9-4-3-5-10-15/h3-11,14H,12H2,1-2H3. The third-order valence-electron chi connectivity index (χ3n) is 3.33. The molecule has 0 aliphatic rings. The molecule has 1 unspecified atom stereocenters. The number of carbonyl (C=O) groups excluding carboxylic acids is 2. The van der Waals surface area contributed by atoms with Gasteiger partial charge in [0.05, 0.1) is 6.42 Å². The lowest BCUT2D eigenvalue weighted by Crippen LogP contribution is -2.25. The average Bonchev–Trinajstić information content (AvgIpc) is 2.49. The normalized spacial score (nSPS) is 11.7. The maximum Gasteiger partial charge on any atom is 0.310 e.